The van der Waals surface area contributed by atoms with Crippen LogP contribution in [0, 0.1) is 0 Å². The zero-order valence-electron chi connectivity index (χ0n) is 8.21. The number of ether oxygens (including phenoxy) is 1. The number of rotatable bonds is 3. The van der Waals surface area contributed by atoms with E-state index in [9.17, 15) is 4.79 Å². The van der Waals surface area contributed by atoms with Gasteiger partial charge in [-0.3, -0.25) is 0 Å². The van der Waals surface area contributed by atoms with E-state index in [1.807, 2.05) is 0 Å². The molecule has 1 fully saturated rings. The van der Waals surface area contributed by atoms with Gasteiger partial charge < -0.3 is 9.64 Å². The minimum absolute atomic E-state index is 0.188. The number of carbonyl (C=O) groups excluding carboxylic acids is 1. The summed E-state index contributed by atoms with van der Waals surface area (Å²) in [7, 11) is 0. The van der Waals surface area contributed by atoms with Crippen molar-refractivity contribution in [1.29, 1.82) is 0 Å². The van der Waals surface area contributed by atoms with Crippen molar-refractivity contribution in [2.45, 2.75) is 26.2 Å². The summed E-state index contributed by atoms with van der Waals surface area (Å²) in [6.45, 7) is 7.89. The molecule has 1 aliphatic rings. The van der Waals surface area contributed by atoms with Gasteiger partial charge in [0.1, 0.15) is 0 Å². The van der Waals surface area contributed by atoms with Gasteiger partial charge in [-0.25, -0.2) is 4.79 Å². The van der Waals surface area contributed by atoms with Gasteiger partial charge in [-0.1, -0.05) is 25.5 Å². The van der Waals surface area contributed by atoms with Crippen molar-refractivity contribution >= 4 is 6.09 Å². The molecule has 0 aromatic heterocycles. The largest absolute Gasteiger partial charge is 0.449 e. The van der Waals surface area contributed by atoms with Gasteiger partial charge in [0.2, 0.25) is 0 Å². The molecule has 0 radical (unpaired) electrons. The van der Waals surface area contributed by atoms with Crippen molar-refractivity contribution in [3.63, 3.8) is 0 Å². The number of amides is 1. The van der Waals surface area contributed by atoms with Gasteiger partial charge >= 0.3 is 6.09 Å². The number of unbranched alkanes of at least 4 members (excludes halogenated alkanes) is 1. The molecule has 0 saturated carbocycles. The fourth-order valence-corrected chi connectivity index (χ4v) is 1.27. The Kier molecular flexibility index (Phi) is 3.80. The van der Waals surface area contributed by atoms with Crippen LogP contribution in [0.2, 0.25) is 0 Å². The summed E-state index contributed by atoms with van der Waals surface area (Å²) in [5, 5.41) is 0. The Morgan fingerprint density at radius 2 is 2.46 bits per heavy atom. The Bertz CT molecular complexity index is 201. The molecular weight excluding hydrogens is 166 g/mol. The van der Waals surface area contributed by atoms with Crippen LogP contribution in [0.15, 0.2) is 12.2 Å². The lowest BCUT2D eigenvalue weighted by Gasteiger charge is -2.14. The third-order valence-electron chi connectivity index (χ3n) is 2.13. The zero-order chi connectivity index (χ0) is 9.68. The first-order valence-electron chi connectivity index (χ1n) is 4.82. The summed E-state index contributed by atoms with van der Waals surface area (Å²) >= 11 is 0. The first-order valence-corrected chi connectivity index (χ1v) is 4.82. The molecule has 1 saturated heterocycles. The molecule has 3 heteroatoms. The second-order valence-electron chi connectivity index (χ2n) is 3.39. The molecule has 1 amide bonds. The van der Waals surface area contributed by atoms with Crippen molar-refractivity contribution in [3.05, 3.63) is 12.2 Å². The van der Waals surface area contributed by atoms with E-state index in [1.165, 1.54) is 0 Å². The van der Waals surface area contributed by atoms with Crippen molar-refractivity contribution in [3.8, 4) is 0 Å². The third kappa shape index (κ3) is 3.09. The molecule has 3 nitrogen and oxygen atoms in total. The first-order chi connectivity index (χ1) is 6.24. The highest BCUT2D eigenvalue weighted by atomic mass is 16.6. The Morgan fingerprint density at radius 3 is 3.00 bits per heavy atom. The molecule has 0 bridgehead atoms. The fraction of sp³-hybridized carbons (Fsp3) is 0.700. The van der Waals surface area contributed by atoms with Crippen molar-refractivity contribution in [2.75, 3.05) is 19.7 Å². The zero-order valence-corrected chi connectivity index (χ0v) is 8.21. The monoisotopic (exact) mass is 183 g/mol. The van der Waals surface area contributed by atoms with Crippen molar-refractivity contribution in [2.24, 2.45) is 0 Å². The average Bonchev–Trinajstić information content (AvgIpc) is 2.52. The summed E-state index contributed by atoms with van der Waals surface area (Å²) in [4.78, 5) is 13.0. The number of hydrogen-bond acceptors (Lipinski definition) is 2. The van der Waals surface area contributed by atoms with Gasteiger partial charge in [0.05, 0.1) is 6.61 Å². The number of likely N-dealkylation sites (tertiary alicyclic amines) is 1. The quantitative estimate of drug-likeness (QED) is 0.496. The maximum atomic E-state index is 11.3. The molecule has 0 aromatic carbocycles. The van der Waals surface area contributed by atoms with Gasteiger partial charge in [-0.2, -0.15) is 0 Å². The second-order valence-corrected chi connectivity index (χ2v) is 3.39. The summed E-state index contributed by atoms with van der Waals surface area (Å²) < 4.78 is 5.06. The Morgan fingerprint density at radius 1 is 1.69 bits per heavy atom. The second kappa shape index (κ2) is 4.90. The van der Waals surface area contributed by atoms with E-state index in [4.69, 9.17) is 4.74 Å². The van der Waals surface area contributed by atoms with Crippen LogP contribution in [0.4, 0.5) is 4.79 Å². The minimum atomic E-state index is -0.188. The predicted octanol–water partition coefficient (Wildman–Crippen LogP) is 2.19. The van der Waals surface area contributed by atoms with Crippen LogP contribution < -0.4 is 0 Å². The van der Waals surface area contributed by atoms with E-state index in [0.717, 1.165) is 31.4 Å². The molecule has 74 valence electrons. The lowest BCUT2D eigenvalue weighted by atomic mass is 10.3. The molecule has 0 N–H and O–H groups in total. The van der Waals surface area contributed by atoms with Gasteiger partial charge in [-0.05, 0) is 12.8 Å². The predicted molar refractivity (Wildman–Crippen MR) is 51.6 cm³/mol. The van der Waals surface area contributed by atoms with Crippen molar-refractivity contribution in [1.82, 2.24) is 4.90 Å². The van der Waals surface area contributed by atoms with Crippen molar-refractivity contribution < 1.29 is 9.53 Å². The SMILES string of the molecule is C=C1CCN(C(=O)OCCCC)C1. The summed E-state index contributed by atoms with van der Waals surface area (Å²) in [5.74, 6) is 0. The number of hydrogen-bond donors (Lipinski definition) is 0. The summed E-state index contributed by atoms with van der Waals surface area (Å²) in [6.07, 6.45) is 2.73. The maximum Gasteiger partial charge on any atom is 0.410 e. The van der Waals surface area contributed by atoms with E-state index < -0.39 is 0 Å². The molecule has 13 heavy (non-hydrogen) atoms. The summed E-state index contributed by atoms with van der Waals surface area (Å²) in [5.41, 5.74) is 1.12. The normalized spacial score (nSPS) is 16.4. The molecule has 0 unspecified atom stereocenters. The molecular formula is C10H17NO2. The number of nitrogens with zero attached hydrogens (tertiary/aromatic N) is 1. The van der Waals surface area contributed by atoms with E-state index in [1.54, 1.807) is 4.90 Å². The van der Waals surface area contributed by atoms with Gasteiger partial charge in [0.25, 0.3) is 0 Å². The Labute approximate surface area is 79.4 Å². The van der Waals surface area contributed by atoms with E-state index in [-0.39, 0.29) is 6.09 Å². The maximum absolute atomic E-state index is 11.3. The highest BCUT2D eigenvalue weighted by Crippen LogP contribution is 2.13. The topological polar surface area (TPSA) is 29.5 Å². The Balaban J connectivity index is 2.20. The standard InChI is InChI=1S/C10H17NO2/c1-3-4-7-13-10(12)11-6-5-9(2)8-11/h2-8H2,1H3. The summed E-state index contributed by atoms with van der Waals surface area (Å²) in [6, 6.07) is 0. The molecule has 1 heterocycles. The highest BCUT2D eigenvalue weighted by molar-refractivity contribution is 5.68. The van der Waals surface area contributed by atoms with Crippen LogP contribution in [0.3, 0.4) is 0 Å². The van der Waals surface area contributed by atoms with Crippen LogP contribution in [-0.2, 0) is 4.74 Å². The molecule has 0 atom stereocenters. The van der Waals surface area contributed by atoms with Crippen LogP contribution in [-0.4, -0.2) is 30.7 Å². The molecule has 1 rings (SSSR count). The van der Waals surface area contributed by atoms with Crippen LogP contribution >= 0.6 is 0 Å². The highest BCUT2D eigenvalue weighted by Gasteiger charge is 2.20. The Hall–Kier alpha value is -0.990. The fourth-order valence-electron chi connectivity index (χ4n) is 1.27. The van der Waals surface area contributed by atoms with E-state index in [0.29, 0.717) is 13.2 Å². The van der Waals surface area contributed by atoms with E-state index in [2.05, 4.69) is 13.5 Å². The first kappa shape index (κ1) is 10.1. The number of carbonyl (C=O) groups is 1. The van der Waals surface area contributed by atoms with Gasteiger partial charge in [0.15, 0.2) is 0 Å². The van der Waals surface area contributed by atoms with Gasteiger partial charge in [-0.15, -0.1) is 0 Å². The third-order valence-corrected chi connectivity index (χ3v) is 2.13. The van der Waals surface area contributed by atoms with Crippen LogP contribution in [0.5, 0.6) is 0 Å². The molecule has 0 spiro atoms. The lowest BCUT2D eigenvalue weighted by molar-refractivity contribution is 0.110. The minimum Gasteiger partial charge on any atom is -0.449 e. The molecule has 0 aliphatic carbocycles. The molecule has 0 aromatic rings. The molecule has 1 aliphatic heterocycles. The lowest BCUT2D eigenvalue weighted by Crippen LogP contribution is -2.28. The average molecular weight is 183 g/mol. The van der Waals surface area contributed by atoms with E-state index >= 15 is 0 Å². The van der Waals surface area contributed by atoms with Crippen LogP contribution in [0.1, 0.15) is 26.2 Å². The smallest absolute Gasteiger partial charge is 0.410 e. The van der Waals surface area contributed by atoms with Crippen LogP contribution in [0.25, 0.3) is 0 Å². The van der Waals surface area contributed by atoms with Gasteiger partial charge in [0, 0.05) is 13.1 Å².